The number of nitrogens with one attached hydrogen (secondary N) is 1. The van der Waals surface area contributed by atoms with Gasteiger partial charge in [0.15, 0.2) is 0 Å². The summed E-state index contributed by atoms with van der Waals surface area (Å²) in [5, 5.41) is 3.01. The molecule has 1 N–H and O–H groups in total. The fourth-order valence-corrected chi connectivity index (χ4v) is 2.05. The number of methoxy groups -OCH3 is 2. The second kappa shape index (κ2) is 8.64. The largest absolute Gasteiger partial charge is 0.496 e. The summed E-state index contributed by atoms with van der Waals surface area (Å²) in [7, 11) is 3.24. The van der Waals surface area contributed by atoms with Crippen molar-refractivity contribution in [2.75, 3.05) is 34.0 Å². The van der Waals surface area contributed by atoms with Gasteiger partial charge in [0.2, 0.25) is 5.91 Å². The molecule has 1 aromatic carbocycles. The lowest BCUT2D eigenvalue weighted by Gasteiger charge is -2.28. The first-order valence-electron chi connectivity index (χ1n) is 7.02. The Morgan fingerprint density at radius 3 is 2.52 bits per heavy atom. The third-order valence-electron chi connectivity index (χ3n) is 3.14. The van der Waals surface area contributed by atoms with Gasteiger partial charge in [0.05, 0.1) is 32.5 Å². The van der Waals surface area contributed by atoms with E-state index >= 15 is 0 Å². The minimum Gasteiger partial charge on any atom is -0.496 e. The number of benzene rings is 1. The normalized spacial score (nSPS) is 11.2. The van der Waals surface area contributed by atoms with Gasteiger partial charge >= 0.3 is 0 Å². The van der Waals surface area contributed by atoms with E-state index in [9.17, 15) is 4.79 Å². The van der Waals surface area contributed by atoms with Crippen molar-refractivity contribution in [2.45, 2.75) is 25.8 Å². The first-order valence-corrected chi connectivity index (χ1v) is 7.02. The van der Waals surface area contributed by atoms with E-state index in [2.05, 4.69) is 5.32 Å². The number of carbonyl (C=O) groups is 1. The summed E-state index contributed by atoms with van der Waals surface area (Å²) in [4.78, 5) is 12.0. The summed E-state index contributed by atoms with van der Waals surface area (Å²) in [5.41, 5.74) is 0.442. The lowest BCUT2D eigenvalue weighted by molar-refractivity contribution is -0.124. The molecule has 0 spiro atoms. The molecule has 0 heterocycles. The smallest absolute Gasteiger partial charge is 0.222 e. The Morgan fingerprint density at radius 1 is 1.14 bits per heavy atom. The Balaban J connectivity index is 2.53. The van der Waals surface area contributed by atoms with Crippen molar-refractivity contribution in [3.8, 4) is 5.75 Å². The molecule has 0 unspecified atom stereocenters. The zero-order chi connectivity index (χ0) is 15.7. The van der Waals surface area contributed by atoms with Gasteiger partial charge in [-0.15, -0.1) is 0 Å². The molecule has 0 aromatic heterocycles. The predicted molar refractivity (Wildman–Crippen MR) is 81.5 cm³/mol. The van der Waals surface area contributed by atoms with Crippen molar-refractivity contribution in [2.24, 2.45) is 0 Å². The summed E-state index contributed by atoms with van der Waals surface area (Å²) in [6.07, 6.45) is 0.322. The highest BCUT2D eigenvalue weighted by Crippen LogP contribution is 2.29. The molecule has 0 aliphatic rings. The molecular weight excluding hydrogens is 270 g/mol. The zero-order valence-corrected chi connectivity index (χ0v) is 13.3. The molecule has 1 aromatic rings. The van der Waals surface area contributed by atoms with Crippen molar-refractivity contribution >= 4 is 5.91 Å². The van der Waals surface area contributed by atoms with E-state index in [1.165, 1.54) is 0 Å². The highest BCUT2D eigenvalue weighted by atomic mass is 16.5. The van der Waals surface area contributed by atoms with Crippen molar-refractivity contribution in [1.82, 2.24) is 5.32 Å². The van der Waals surface area contributed by atoms with Gasteiger partial charge in [0, 0.05) is 19.1 Å². The lowest BCUT2D eigenvalue weighted by Crippen LogP contribution is -2.41. The molecule has 0 atom stereocenters. The molecule has 0 fully saturated rings. The van der Waals surface area contributed by atoms with E-state index in [-0.39, 0.29) is 5.91 Å². The van der Waals surface area contributed by atoms with Crippen LogP contribution < -0.4 is 10.1 Å². The van der Waals surface area contributed by atoms with Gasteiger partial charge in [-0.05, 0) is 19.9 Å². The Bertz CT molecular complexity index is 446. The summed E-state index contributed by atoms with van der Waals surface area (Å²) < 4.78 is 15.5. The Labute approximate surface area is 126 Å². The molecule has 21 heavy (non-hydrogen) atoms. The number of carbonyl (C=O) groups excluding carboxylic acids is 1. The van der Waals surface area contributed by atoms with Gasteiger partial charge in [-0.1, -0.05) is 18.2 Å². The van der Waals surface area contributed by atoms with Crippen LogP contribution in [0.4, 0.5) is 0 Å². The fraction of sp³-hybridized carbons (Fsp3) is 0.562. The number of rotatable bonds is 9. The van der Waals surface area contributed by atoms with Crippen molar-refractivity contribution in [3.05, 3.63) is 29.8 Å². The zero-order valence-electron chi connectivity index (χ0n) is 13.3. The first kappa shape index (κ1) is 17.5. The van der Waals surface area contributed by atoms with E-state index in [0.29, 0.717) is 26.2 Å². The maximum atomic E-state index is 12.0. The van der Waals surface area contributed by atoms with Crippen LogP contribution in [0, 0.1) is 0 Å². The summed E-state index contributed by atoms with van der Waals surface area (Å²) >= 11 is 0. The molecule has 5 nitrogen and oxygen atoms in total. The van der Waals surface area contributed by atoms with Gasteiger partial charge in [-0.25, -0.2) is 0 Å². The van der Waals surface area contributed by atoms with Crippen LogP contribution in [-0.4, -0.2) is 39.9 Å². The van der Waals surface area contributed by atoms with Crippen LogP contribution >= 0.6 is 0 Å². The van der Waals surface area contributed by atoms with Gasteiger partial charge in [-0.2, -0.15) is 0 Å². The van der Waals surface area contributed by atoms with E-state index in [1.54, 1.807) is 14.2 Å². The van der Waals surface area contributed by atoms with Gasteiger partial charge in [0.1, 0.15) is 5.75 Å². The molecule has 1 amide bonds. The standard InChI is InChI=1S/C16H25NO4/c1-16(2,13-7-5-6-8-14(13)20-4)17-15(18)9-10-21-12-11-19-3/h5-8H,9-12H2,1-4H3,(H,17,18). The number of hydrogen-bond donors (Lipinski definition) is 1. The molecule has 1 rings (SSSR count). The summed E-state index contributed by atoms with van der Waals surface area (Å²) in [6, 6.07) is 7.68. The van der Waals surface area contributed by atoms with Crippen LogP contribution in [0.3, 0.4) is 0 Å². The Morgan fingerprint density at radius 2 is 1.86 bits per heavy atom. The third-order valence-corrected chi connectivity index (χ3v) is 3.14. The molecule has 0 aliphatic carbocycles. The van der Waals surface area contributed by atoms with Crippen molar-refractivity contribution in [3.63, 3.8) is 0 Å². The molecular formula is C16H25NO4. The first-order chi connectivity index (χ1) is 10.0. The molecule has 0 bridgehead atoms. The van der Waals surface area contributed by atoms with Crippen LogP contribution in [0.15, 0.2) is 24.3 Å². The van der Waals surface area contributed by atoms with Crippen LogP contribution in [0.2, 0.25) is 0 Å². The monoisotopic (exact) mass is 295 g/mol. The number of amides is 1. The highest BCUT2D eigenvalue weighted by molar-refractivity contribution is 5.77. The van der Waals surface area contributed by atoms with E-state index in [0.717, 1.165) is 11.3 Å². The predicted octanol–water partition coefficient (Wildman–Crippen LogP) is 2.10. The van der Waals surface area contributed by atoms with Crippen LogP contribution in [-0.2, 0) is 19.8 Å². The fourth-order valence-electron chi connectivity index (χ4n) is 2.05. The SMILES string of the molecule is COCCOCCC(=O)NC(C)(C)c1ccccc1OC. The molecule has 0 saturated heterocycles. The number of para-hydroxylation sites is 1. The number of hydrogen-bond acceptors (Lipinski definition) is 4. The summed E-state index contributed by atoms with van der Waals surface area (Å²) in [6.45, 7) is 5.33. The highest BCUT2D eigenvalue weighted by Gasteiger charge is 2.25. The maximum Gasteiger partial charge on any atom is 0.222 e. The second-order valence-electron chi connectivity index (χ2n) is 5.23. The summed E-state index contributed by atoms with van der Waals surface area (Å²) in [5.74, 6) is 0.711. The Kier molecular flexibility index (Phi) is 7.19. The minimum atomic E-state index is -0.504. The topological polar surface area (TPSA) is 56.8 Å². The maximum absolute atomic E-state index is 12.0. The van der Waals surface area contributed by atoms with Gasteiger partial charge < -0.3 is 19.5 Å². The third kappa shape index (κ3) is 5.73. The lowest BCUT2D eigenvalue weighted by atomic mass is 9.93. The quantitative estimate of drug-likeness (QED) is 0.709. The van der Waals surface area contributed by atoms with Crippen molar-refractivity contribution < 1.29 is 19.0 Å². The molecule has 0 radical (unpaired) electrons. The number of ether oxygens (including phenoxy) is 3. The van der Waals surface area contributed by atoms with E-state index in [4.69, 9.17) is 14.2 Å². The van der Waals surface area contributed by atoms with Gasteiger partial charge in [0.25, 0.3) is 0 Å². The van der Waals surface area contributed by atoms with Crippen LogP contribution in [0.1, 0.15) is 25.8 Å². The van der Waals surface area contributed by atoms with Gasteiger partial charge in [-0.3, -0.25) is 4.79 Å². The second-order valence-corrected chi connectivity index (χ2v) is 5.23. The average molecular weight is 295 g/mol. The van der Waals surface area contributed by atoms with Crippen LogP contribution in [0.25, 0.3) is 0 Å². The van der Waals surface area contributed by atoms with E-state index in [1.807, 2.05) is 38.1 Å². The van der Waals surface area contributed by atoms with E-state index < -0.39 is 5.54 Å². The molecule has 5 heteroatoms. The molecule has 118 valence electrons. The molecule has 0 saturated carbocycles. The van der Waals surface area contributed by atoms with Crippen LogP contribution in [0.5, 0.6) is 5.75 Å². The minimum absolute atomic E-state index is 0.0525. The Hall–Kier alpha value is -1.59. The van der Waals surface area contributed by atoms with Crippen molar-refractivity contribution in [1.29, 1.82) is 0 Å². The average Bonchev–Trinajstić information content (AvgIpc) is 2.46. The molecule has 0 aliphatic heterocycles.